The minimum atomic E-state index is -1.26. The lowest BCUT2D eigenvalue weighted by atomic mass is 10.0. The van der Waals surface area contributed by atoms with Gasteiger partial charge in [-0.15, -0.1) is 0 Å². The average molecular weight is 677 g/mol. The number of hydrazine groups is 1. The van der Waals surface area contributed by atoms with Crippen molar-refractivity contribution in [2.45, 2.75) is 58.2 Å². The minimum Gasteiger partial charge on any atom is -0.508 e. The van der Waals surface area contributed by atoms with Crippen LogP contribution in [0.5, 0.6) is 5.75 Å². The SMILES string of the molecule is CC(=O)O.CCN(C(=O)CNC(=O)[C@@H](CCS(C)=O)NC(=O)[C@@H](N)Cc1ccc(O)cc1)[C@@H](Cc1ccccc1)C(=O)NNC(C)=O. The predicted molar refractivity (Wildman–Crippen MR) is 175 cm³/mol. The van der Waals surface area contributed by atoms with Crippen LogP contribution in [0.15, 0.2) is 54.6 Å². The summed E-state index contributed by atoms with van der Waals surface area (Å²) in [5, 5.41) is 22.0. The summed E-state index contributed by atoms with van der Waals surface area (Å²) >= 11 is 0. The lowest BCUT2D eigenvalue weighted by molar-refractivity contribution is -0.141. The van der Waals surface area contributed by atoms with Crippen LogP contribution in [-0.4, -0.2) is 98.1 Å². The number of nitrogens with two attached hydrogens (primary N) is 1. The van der Waals surface area contributed by atoms with E-state index in [2.05, 4.69) is 21.5 Å². The van der Waals surface area contributed by atoms with E-state index in [4.69, 9.17) is 15.6 Å². The van der Waals surface area contributed by atoms with Crippen molar-refractivity contribution in [3.63, 3.8) is 0 Å². The van der Waals surface area contributed by atoms with E-state index in [-0.39, 0.29) is 37.3 Å². The van der Waals surface area contributed by atoms with Gasteiger partial charge in [-0.2, -0.15) is 0 Å². The first kappa shape index (κ1) is 40.2. The van der Waals surface area contributed by atoms with Crippen LogP contribution >= 0.6 is 0 Å². The number of hydrogen-bond donors (Lipinski definition) is 7. The normalized spacial score (nSPS) is 12.9. The van der Waals surface area contributed by atoms with E-state index < -0.39 is 71.0 Å². The maximum absolute atomic E-state index is 13.3. The highest BCUT2D eigenvalue weighted by atomic mass is 32.2. The van der Waals surface area contributed by atoms with Gasteiger partial charge in [0.25, 0.3) is 11.9 Å². The Balaban J connectivity index is 0.00000260. The highest BCUT2D eigenvalue weighted by Crippen LogP contribution is 2.12. The Labute approximate surface area is 276 Å². The molecule has 0 fully saturated rings. The largest absolute Gasteiger partial charge is 0.508 e. The minimum absolute atomic E-state index is 0.0358. The standard InChI is InChI=1S/C29H40N6O7S.C2H4O2/c1-4-35(25(29(41)34-33-19(2)36)17-20-8-6-5-7-9-20)26(38)18-31-28(40)24(14-15-43(3)42)32-27(39)23(30)16-21-10-12-22(37)13-11-21;1-2(3)4/h5-13,23-25,37H,4,14-18,30H2,1-3H3,(H,31,40)(H,32,39)(H,33,36)(H,34,41);1H3,(H,3,4)/t23-,24+,25-,43?;/m0./s1. The number of aromatic hydroxyl groups is 1. The fourth-order valence-corrected chi connectivity index (χ4v) is 4.75. The van der Waals surface area contributed by atoms with E-state index in [1.54, 1.807) is 43.3 Å². The Morgan fingerprint density at radius 1 is 0.872 bits per heavy atom. The molecule has 0 aliphatic rings. The highest BCUT2D eigenvalue weighted by Gasteiger charge is 2.30. The number of amides is 5. The topological polar surface area (TPSA) is 237 Å². The van der Waals surface area contributed by atoms with Crippen molar-refractivity contribution in [3.8, 4) is 5.75 Å². The molecule has 0 saturated heterocycles. The summed E-state index contributed by atoms with van der Waals surface area (Å²) in [6.45, 7) is 3.64. The van der Waals surface area contributed by atoms with E-state index >= 15 is 0 Å². The molecule has 4 atom stereocenters. The van der Waals surface area contributed by atoms with Crippen molar-refractivity contribution in [2.75, 3.05) is 25.1 Å². The van der Waals surface area contributed by atoms with Crippen LogP contribution in [-0.2, 0) is 52.4 Å². The number of phenols is 1. The second-order valence-electron chi connectivity index (χ2n) is 10.4. The van der Waals surface area contributed by atoms with E-state index in [0.29, 0.717) is 5.56 Å². The lowest BCUT2D eigenvalue weighted by Gasteiger charge is -2.30. The Morgan fingerprint density at radius 2 is 1.45 bits per heavy atom. The third-order valence-corrected chi connectivity index (χ3v) is 7.25. The molecule has 0 bridgehead atoms. The van der Waals surface area contributed by atoms with Gasteiger partial charge in [-0.05, 0) is 43.0 Å². The van der Waals surface area contributed by atoms with E-state index in [1.165, 1.54) is 30.2 Å². The predicted octanol–water partition coefficient (Wildman–Crippen LogP) is -0.650. The van der Waals surface area contributed by atoms with Crippen molar-refractivity contribution >= 4 is 46.3 Å². The molecule has 2 aromatic carbocycles. The third-order valence-electron chi connectivity index (χ3n) is 6.44. The van der Waals surface area contributed by atoms with E-state index in [1.807, 2.05) is 6.07 Å². The molecule has 0 aliphatic carbocycles. The summed E-state index contributed by atoms with van der Waals surface area (Å²) in [6, 6.07) is 12.1. The lowest BCUT2D eigenvalue weighted by Crippen LogP contribution is -2.57. The number of nitrogens with zero attached hydrogens (tertiary/aromatic N) is 1. The Hall–Kier alpha value is -4.83. The third kappa shape index (κ3) is 16.3. The first-order valence-corrected chi connectivity index (χ1v) is 16.4. The maximum atomic E-state index is 13.3. The summed E-state index contributed by atoms with van der Waals surface area (Å²) in [4.78, 5) is 73.8. The number of carboxylic acids is 1. The van der Waals surface area contributed by atoms with Crippen LogP contribution in [0.1, 0.15) is 38.3 Å². The zero-order valence-electron chi connectivity index (χ0n) is 26.9. The summed E-state index contributed by atoms with van der Waals surface area (Å²) in [5.74, 6) is -3.61. The highest BCUT2D eigenvalue weighted by molar-refractivity contribution is 7.84. The summed E-state index contributed by atoms with van der Waals surface area (Å²) in [5.41, 5.74) is 12.1. The monoisotopic (exact) mass is 676 g/mol. The second-order valence-corrected chi connectivity index (χ2v) is 12.0. The fourth-order valence-electron chi connectivity index (χ4n) is 4.18. The first-order chi connectivity index (χ1) is 22.1. The van der Waals surface area contributed by atoms with Gasteiger partial charge < -0.3 is 31.5 Å². The Kier molecular flexibility index (Phi) is 18.0. The number of aliphatic carboxylic acids is 1. The Bertz CT molecular complexity index is 1370. The molecule has 0 radical (unpaired) electrons. The molecule has 15 nitrogen and oxygen atoms in total. The van der Waals surface area contributed by atoms with Crippen LogP contribution in [0.25, 0.3) is 0 Å². The molecule has 2 rings (SSSR count). The molecule has 5 amide bonds. The summed E-state index contributed by atoms with van der Waals surface area (Å²) in [6.07, 6.45) is 1.80. The van der Waals surface area contributed by atoms with Crippen LogP contribution in [0, 0.1) is 0 Å². The molecular formula is C31H44N6O9S. The van der Waals surface area contributed by atoms with Gasteiger partial charge in [0.1, 0.15) is 17.8 Å². The van der Waals surface area contributed by atoms with Gasteiger partial charge >= 0.3 is 0 Å². The smallest absolute Gasteiger partial charge is 0.300 e. The molecule has 0 saturated carbocycles. The number of benzene rings is 2. The molecule has 0 aliphatic heterocycles. The quantitative estimate of drug-likeness (QED) is 0.118. The van der Waals surface area contributed by atoms with Crippen molar-refractivity contribution in [1.82, 2.24) is 26.4 Å². The Morgan fingerprint density at radius 3 is 1.98 bits per heavy atom. The number of carboxylic acid groups (broad SMARTS) is 1. The number of carbonyl (C=O) groups is 6. The zero-order chi connectivity index (χ0) is 35.5. The van der Waals surface area contributed by atoms with Crippen LogP contribution < -0.4 is 27.2 Å². The molecule has 47 heavy (non-hydrogen) atoms. The van der Waals surface area contributed by atoms with Crippen molar-refractivity contribution in [2.24, 2.45) is 5.73 Å². The van der Waals surface area contributed by atoms with Gasteiger partial charge in [0.15, 0.2) is 0 Å². The summed E-state index contributed by atoms with van der Waals surface area (Å²) in [7, 11) is -1.26. The molecule has 258 valence electrons. The van der Waals surface area contributed by atoms with Gasteiger partial charge in [0.05, 0.1) is 12.6 Å². The van der Waals surface area contributed by atoms with Gasteiger partial charge in [0.2, 0.25) is 23.6 Å². The van der Waals surface area contributed by atoms with Gasteiger partial charge in [0, 0.05) is 49.6 Å². The number of carbonyl (C=O) groups excluding carboxylic acids is 5. The van der Waals surface area contributed by atoms with Gasteiger partial charge in [-0.1, -0.05) is 42.5 Å². The maximum Gasteiger partial charge on any atom is 0.300 e. The summed E-state index contributed by atoms with van der Waals surface area (Å²) < 4.78 is 11.7. The van der Waals surface area contributed by atoms with Crippen molar-refractivity contribution in [3.05, 3.63) is 65.7 Å². The van der Waals surface area contributed by atoms with Gasteiger partial charge in [-0.25, -0.2) is 0 Å². The molecule has 8 N–H and O–H groups in total. The average Bonchev–Trinajstić information content (AvgIpc) is 3.01. The molecule has 2 aromatic rings. The number of rotatable bonds is 15. The van der Waals surface area contributed by atoms with Crippen LogP contribution in [0.3, 0.4) is 0 Å². The molecule has 16 heteroatoms. The second kappa shape index (κ2) is 21.1. The zero-order valence-corrected chi connectivity index (χ0v) is 27.7. The molecule has 1 unspecified atom stereocenters. The first-order valence-electron chi connectivity index (χ1n) is 14.6. The van der Waals surface area contributed by atoms with Crippen LogP contribution in [0.4, 0.5) is 0 Å². The number of phenolic OH excluding ortho intramolecular Hbond substituents is 1. The molecular weight excluding hydrogens is 632 g/mol. The van der Waals surface area contributed by atoms with Gasteiger partial charge in [-0.3, -0.25) is 43.8 Å². The number of likely N-dealkylation sites (N-methyl/N-ethyl adjacent to an activating group) is 1. The number of hydrogen-bond acceptors (Lipinski definition) is 9. The molecule has 0 aromatic heterocycles. The van der Waals surface area contributed by atoms with E-state index in [0.717, 1.165) is 12.5 Å². The van der Waals surface area contributed by atoms with Crippen molar-refractivity contribution < 1.29 is 43.2 Å². The number of nitrogens with one attached hydrogen (secondary N) is 4. The van der Waals surface area contributed by atoms with Crippen LogP contribution in [0.2, 0.25) is 0 Å². The van der Waals surface area contributed by atoms with Crippen molar-refractivity contribution in [1.29, 1.82) is 0 Å². The van der Waals surface area contributed by atoms with E-state index in [9.17, 15) is 33.3 Å². The fraction of sp³-hybridized carbons (Fsp3) is 0.419. The molecule has 0 spiro atoms. The molecule has 0 heterocycles.